The molecule has 0 fully saturated rings. The second-order valence-electron chi connectivity index (χ2n) is 6.20. The van der Waals surface area contributed by atoms with Crippen LogP contribution in [0.2, 0.25) is 10.0 Å². The van der Waals surface area contributed by atoms with Crippen molar-refractivity contribution in [2.75, 3.05) is 12.4 Å². The summed E-state index contributed by atoms with van der Waals surface area (Å²) in [5.74, 6) is 2.39. The lowest BCUT2D eigenvalue weighted by atomic mass is 10.2. The summed E-state index contributed by atoms with van der Waals surface area (Å²) in [4.78, 5) is 0. The minimum absolute atomic E-state index is 0.370. The fourth-order valence-electron chi connectivity index (χ4n) is 2.86. The van der Waals surface area contributed by atoms with E-state index in [4.69, 9.17) is 32.7 Å². The average Bonchev–Trinajstić information content (AvgIpc) is 3.24. The van der Waals surface area contributed by atoms with Crippen molar-refractivity contribution in [2.45, 2.75) is 6.54 Å². The lowest BCUT2D eigenvalue weighted by molar-refractivity contribution is 0.378. The van der Waals surface area contributed by atoms with Crippen LogP contribution in [-0.4, -0.2) is 27.3 Å². The first-order valence-corrected chi connectivity index (χ1v) is 9.78. The standard InChI is InChI=1S/C21H17Cl2N5O2/c1-29-18-11-4-5-12-19(18)30-17-10-3-2-7-14(17)13-24-21-25-26-27-28(21)16-9-6-8-15(22)20(16)23/h2-12H,13H2,1H3,(H,24,25,27). The Hall–Kier alpha value is -3.29. The molecule has 0 aliphatic heterocycles. The van der Waals surface area contributed by atoms with Gasteiger partial charge in [0.2, 0.25) is 5.95 Å². The SMILES string of the molecule is COc1ccccc1Oc1ccccc1CNc1nnnn1-c1cccc(Cl)c1Cl. The van der Waals surface area contributed by atoms with E-state index in [9.17, 15) is 0 Å². The summed E-state index contributed by atoms with van der Waals surface area (Å²) in [6.07, 6.45) is 0. The minimum atomic E-state index is 0.370. The minimum Gasteiger partial charge on any atom is -0.493 e. The molecule has 1 aromatic heterocycles. The molecular formula is C21H17Cl2N5O2. The zero-order valence-corrected chi connectivity index (χ0v) is 17.4. The van der Waals surface area contributed by atoms with Gasteiger partial charge in [-0.05, 0) is 40.8 Å². The third kappa shape index (κ3) is 4.17. The first-order chi connectivity index (χ1) is 14.7. The van der Waals surface area contributed by atoms with Crippen LogP contribution in [-0.2, 0) is 6.54 Å². The maximum Gasteiger partial charge on any atom is 0.248 e. The molecule has 0 aliphatic carbocycles. The van der Waals surface area contributed by atoms with Crippen molar-refractivity contribution in [3.8, 4) is 22.9 Å². The molecule has 0 saturated heterocycles. The van der Waals surface area contributed by atoms with Gasteiger partial charge in [0.15, 0.2) is 11.5 Å². The van der Waals surface area contributed by atoms with E-state index in [1.165, 1.54) is 4.68 Å². The molecule has 4 aromatic rings. The second-order valence-corrected chi connectivity index (χ2v) is 6.99. The van der Waals surface area contributed by atoms with Crippen LogP contribution in [0.1, 0.15) is 5.56 Å². The van der Waals surface area contributed by atoms with Gasteiger partial charge in [0.1, 0.15) is 5.75 Å². The van der Waals surface area contributed by atoms with Crippen LogP contribution in [0.15, 0.2) is 66.7 Å². The van der Waals surface area contributed by atoms with Gasteiger partial charge in [-0.3, -0.25) is 0 Å². The van der Waals surface area contributed by atoms with E-state index >= 15 is 0 Å². The maximum atomic E-state index is 6.31. The summed E-state index contributed by atoms with van der Waals surface area (Å²) in [6.45, 7) is 0.421. The van der Waals surface area contributed by atoms with Crippen molar-refractivity contribution in [1.29, 1.82) is 0 Å². The number of benzene rings is 3. The number of nitrogens with one attached hydrogen (secondary N) is 1. The van der Waals surface area contributed by atoms with Crippen molar-refractivity contribution >= 4 is 29.2 Å². The first-order valence-electron chi connectivity index (χ1n) is 9.03. The van der Waals surface area contributed by atoms with E-state index in [2.05, 4.69) is 20.8 Å². The summed E-state index contributed by atoms with van der Waals surface area (Å²) in [7, 11) is 1.61. The predicted molar refractivity (Wildman–Crippen MR) is 116 cm³/mol. The molecule has 0 amide bonds. The zero-order valence-electron chi connectivity index (χ0n) is 15.9. The van der Waals surface area contributed by atoms with Crippen LogP contribution in [0.5, 0.6) is 17.2 Å². The van der Waals surface area contributed by atoms with Gasteiger partial charge in [-0.25, -0.2) is 0 Å². The van der Waals surface area contributed by atoms with E-state index < -0.39 is 0 Å². The number of rotatable bonds is 7. The van der Waals surface area contributed by atoms with Gasteiger partial charge >= 0.3 is 0 Å². The van der Waals surface area contributed by atoms with Crippen molar-refractivity contribution < 1.29 is 9.47 Å². The Balaban J connectivity index is 1.56. The van der Waals surface area contributed by atoms with Gasteiger partial charge in [0, 0.05) is 12.1 Å². The fourth-order valence-corrected chi connectivity index (χ4v) is 3.24. The van der Waals surface area contributed by atoms with Gasteiger partial charge in [0.05, 0.1) is 22.8 Å². The molecular weight excluding hydrogens is 425 g/mol. The van der Waals surface area contributed by atoms with Crippen LogP contribution in [0.25, 0.3) is 5.69 Å². The Labute approximate surface area is 183 Å². The number of halogens is 2. The maximum absolute atomic E-state index is 6.31. The van der Waals surface area contributed by atoms with E-state index in [0.29, 0.717) is 45.5 Å². The summed E-state index contributed by atoms with van der Waals surface area (Å²) in [6, 6.07) is 20.4. The summed E-state index contributed by atoms with van der Waals surface area (Å²) in [5.41, 5.74) is 1.49. The lowest BCUT2D eigenvalue weighted by Gasteiger charge is -2.14. The lowest BCUT2D eigenvalue weighted by Crippen LogP contribution is -2.08. The molecule has 1 heterocycles. The van der Waals surface area contributed by atoms with Crippen LogP contribution in [0, 0.1) is 0 Å². The fraction of sp³-hybridized carbons (Fsp3) is 0.0952. The molecule has 30 heavy (non-hydrogen) atoms. The summed E-state index contributed by atoms with van der Waals surface area (Å²) < 4.78 is 13.0. The molecule has 9 heteroatoms. The Kier molecular flexibility index (Phi) is 6.02. The van der Waals surface area contributed by atoms with Crippen LogP contribution in [0.3, 0.4) is 0 Å². The van der Waals surface area contributed by atoms with Crippen molar-refractivity contribution in [2.24, 2.45) is 0 Å². The van der Waals surface area contributed by atoms with Gasteiger partial charge in [-0.1, -0.05) is 64.7 Å². The molecule has 3 aromatic carbocycles. The highest BCUT2D eigenvalue weighted by Crippen LogP contribution is 2.33. The molecule has 0 bridgehead atoms. The average molecular weight is 442 g/mol. The van der Waals surface area contributed by atoms with Crippen LogP contribution in [0.4, 0.5) is 5.95 Å². The van der Waals surface area contributed by atoms with Gasteiger partial charge in [0.25, 0.3) is 0 Å². The molecule has 152 valence electrons. The Bertz CT molecular complexity index is 1170. The van der Waals surface area contributed by atoms with E-state index in [0.717, 1.165) is 5.56 Å². The van der Waals surface area contributed by atoms with Crippen molar-refractivity contribution in [3.05, 3.63) is 82.3 Å². The molecule has 0 unspecified atom stereocenters. The largest absolute Gasteiger partial charge is 0.493 e. The number of aromatic nitrogens is 4. The first kappa shape index (κ1) is 20.0. The highest BCUT2D eigenvalue weighted by atomic mass is 35.5. The molecule has 7 nitrogen and oxygen atoms in total. The number of hydrogen-bond acceptors (Lipinski definition) is 6. The van der Waals surface area contributed by atoms with E-state index in [-0.39, 0.29) is 0 Å². The highest BCUT2D eigenvalue weighted by molar-refractivity contribution is 6.43. The molecule has 0 spiro atoms. The Morgan fingerprint density at radius 2 is 1.63 bits per heavy atom. The van der Waals surface area contributed by atoms with Crippen molar-refractivity contribution in [3.63, 3.8) is 0 Å². The Morgan fingerprint density at radius 1 is 0.900 bits per heavy atom. The van der Waals surface area contributed by atoms with Gasteiger partial charge < -0.3 is 14.8 Å². The van der Waals surface area contributed by atoms with E-state index in [1.807, 2.05) is 48.5 Å². The third-order valence-corrected chi connectivity index (χ3v) is 5.14. The highest BCUT2D eigenvalue weighted by Gasteiger charge is 2.14. The molecule has 0 saturated carbocycles. The molecule has 4 rings (SSSR count). The second kappa shape index (κ2) is 9.02. The topological polar surface area (TPSA) is 74.1 Å². The normalized spacial score (nSPS) is 10.6. The quantitative estimate of drug-likeness (QED) is 0.414. The van der Waals surface area contributed by atoms with Crippen LogP contribution < -0.4 is 14.8 Å². The molecule has 0 radical (unpaired) electrons. The van der Waals surface area contributed by atoms with Gasteiger partial charge in [-0.2, -0.15) is 4.68 Å². The van der Waals surface area contributed by atoms with E-state index in [1.54, 1.807) is 25.3 Å². The smallest absolute Gasteiger partial charge is 0.248 e. The summed E-state index contributed by atoms with van der Waals surface area (Å²) >= 11 is 12.4. The zero-order chi connectivity index (χ0) is 20.9. The molecule has 0 atom stereocenters. The number of tetrazole rings is 1. The predicted octanol–water partition coefficient (Wildman–Crippen LogP) is 5.38. The molecule has 1 N–H and O–H groups in total. The third-order valence-electron chi connectivity index (χ3n) is 4.33. The number of methoxy groups -OCH3 is 1. The number of ether oxygens (including phenoxy) is 2. The number of hydrogen-bond donors (Lipinski definition) is 1. The molecule has 0 aliphatic rings. The number of para-hydroxylation sites is 3. The monoisotopic (exact) mass is 441 g/mol. The van der Waals surface area contributed by atoms with Gasteiger partial charge in [-0.15, -0.1) is 0 Å². The van der Waals surface area contributed by atoms with Crippen molar-refractivity contribution in [1.82, 2.24) is 20.2 Å². The number of anilines is 1. The Morgan fingerprint density at radius 3 is 2.43 bits per heavy atom. The number of nitrogens with zero attached hydrogens (tertiary/aromatic N) is 4. The van der Waals surface area contributed by atoms with Crippen LogP contribution >= 0.6 is 23.2 Å². The summed E-state index contributed by atoms with van der Waals surface area (Å²) in [5, 5.41) is 15.8.